The zero-order chi connectivity index (χ0) is 18.4. The van der Waals surface area contributed by atoms with Crippen molar-refractivity contribution in [2.75, 3.05) is 30.3 Å². The van der Waals surface area contributed by atoms with Crippen molar-refractivity contribution in [1.82, 2.24) is 19.9 Å². The Bertz CT molecular complexity index is 692. The third kappa shape index (κ3) is 4.90. The molecule has 0 aromatic carbocycles. The van der Waals surface area contributed by atoms with E-state index in [-0.39, 0.29) is 6.10 Å². The van der Waals surface area contributed by atoms with Gasteiger partial charge in [0.25, 0.3) is 0 Å². The molecule has 0 radical (unpaired) electrons. The molecule has 6 nitrogen and oxygen atoms in total. The number of aromatic nitrogens is 3. The minimum absolute atomic E-state index is 0.229. The molecular weight excluding hydrogens is 346 g/mol. The Morgan fingerprint density at radius 3 is 2.96 bits per heavy atom. The first kappa shape index (κ1) is 19.5. The highest BCUT2D eigenvalue weighted by Gasteiger charge is 2.31. The molecule has 0 bridgehead atoms. The van der Waals surface area contributed by atoms with Gasteiger partial charge in [-0.2, -0.15) is 11.8 Å². The minimum atomic E-state index is -0.229. The first-order valence-corrected chi connectivity index (χ1v) is 10.9. The number of nitrogens with zero attached hydrogens (tertiary/aromatic N) is 3. The molecule has 7 heteroatoms. The number of likely N-dealkylation sites (tertiary alicyclic amines) is 1. The summed E-state index contributed by atoms with van der Waals surface area (Å²) in [4.78, 5) is 13.9. The summed E-state index contributed by atoms with van der Waals surface area (Å²) in [6.45, 7) is 4.71. The van der Waals surface area contributed by atoms with Gasteiger partial charge in [-0.25, -0.2) is 9.97 Å². The SMILES string of the molecule is CCCCCCCSCC1CN(Cc2c[nH]c3c(N)ncnc23)CC1O. The number of nitrogens with one attached hydrogen (secondary N) is 1. The number of fused-ring (bicyclic) bond motifs is 1. The minimum Gasteiger partial charge on any atom is -0.391 e. The normalized spacial score (nSPS) is 21.0. The van der Waals surface area contributed by atoms with Crippen LogP contribution >= 0.6 is 11.8 Å². The van der Waals surface area contributed by atoms with Gasteiger partial charge in [-0.15, -0.1) is 0 Å². The Balaban J connectivity index is 1.44. The number of H-pyrrole nitrogens is 1. The molecule has 0 saturated carbocycles. The number of β-amino-alcohol motifs (C(OH)–C–C–N with tert-alkyl or cyclic N) is 1. The lowest BCUT2D eigenvalue weighted by Crippen LogP contribution is -2.21. The molecule has 0 spiro atoms. The number of hydrogen-bond acceptors (Lipinski definition) is 6. The molecule has 1 aliphatic heterocycles. The molecule has 2 aromatic heterocycles. The van der Waals surface area contributed by atoms with Crippen molar-refractivity contribution >= 4 is 28.6 Å². The second-order valence-electron chi connectivity index (χ2n) is 7.31. The highest BCUT2D eigenvalue weighted by Crippen LogP contribution is 2.26. The van der Waals surface area contributed by atoms with Gasteiger partial charge < -0.3 is 15.8 Å². The van der Waals surface area contributed by atoms with Crippen molar-refractivity contribution in [3.8, 4) is 0 Å². The van der Waals surface area contributed by atoms with Gasteiger partial charge in [0.2, 0.25) is 0 Å². The lowest BCUT2D eigenvalue weighted by Gasteiger charge is -2.15. The van der Waals surface area contributed by atoms with Crippen molar-refractivity contribution in [3.63, 3.8) is 0 Å². The summed E-state index contributed by atoms with van der Waals surface area (Å²) in [6, 6.07) is 0. The summed E-state index contributed by atoms with van der Waals surface area (Å²) in [6.07, 6.45) is 9.88. The Labute approximate surface area is 160 Å². The fourth-order valence-electron chi connectivity index (χ4n) is 3.65. The van der Waals surface area contributed by atoms with Gasteiger partial charge >= 0.3 is 0 Å². The lowest BCUT2D eigenvalue weighted by atomic mass is 10.1. The topological polar surface area (TPSA) is 91.1 Å². The first-order chi connectivity index (χ1) is 12.7. The van der Waals surface area contributed by atoms with Crippen LogP contribution in [0.1, 0.15) is 44.6 Å². The van der Waals surface area contributed by atoms with Crippen molar-refractivity contribution in [3.05, 3.63) is 18.1 Å². The summed E-state index contributed by atoms with van der Waals surface area (Å²) in [5, 5.41) is 10.4. The molecule has 0 amide bonds. The number of hydrogen-bond donors (Lipinski definition) is 3. The van der Waals surface area contributed by atoms with Gasteiger partial charge in [0.05, 0.1) is 11.6 Å². The molecule has 3 heterocycles. The summed E-state index contributed by atoms with van der Waals surface area (Å²) < 4.78 is 0. The average molecular weight is 378 g/mol. The average Bonchev–Trinajstić information content (AvgIpc) is 3.19. The molecule has 1 fully saturated rings. The summed E-state index contributed by atoms with van der Waals surface area (Å²) in [5.41, 5.74) is 8.69. The highest BCUT2D eigenvalue weighted by atomic mass is 32.2. The predicted octanol–water partition coefficient (Wildman–Crippen LogP) is 3.04. The monoisotopic (exact) mass is 377 g/mol. The van der Waals surface area contributed by atoms with E-state index in [4.69, 9.17) is 5.73 Å². The van der Waals surface area contributed by atoms with Crippen LogP contribution in [0.15, 0.2) is 12.5 Å². The summed E-state index contributed by atoms with van der Waals surface area (Å²) in [5.74, 6) is 3.11. The largest absolute Gasteiger partial charge is 0.391 e. The van der Waals surface area contributed by atoms with E-state index in [1.54, 1.807) is 0 Å². The number of rotatable bonds is 10. The van der Waals surface area contributed by atoms with Gasteiger partial charge in [0.15, 0.2) is 5.82 Å². The van der Waals surface area contributed by atoms with E-state index in [2.05, 4.69) is 26.8 Å². The zero-order valence-corrected chi connectivity index (χ0v) is 16.5. The third-order valence-corrected chi connectivity index (χ3v) is 6.41. The van der Waals surface area contributed by atoms with Crippen LogP contribution in [0.2, 0.25) is 0 Å². The smallest absolute Gasteiger partial charge is 0.151 e. The number of nitrogen functional groups attached to an aromatic ring is 1. The second-order valence-corrected chi connectivity index (χ2v) is 8.46. The Morgan fingerprint density at radius 1 is 1.27 bits per heavy atom. The van der Waals surface area contributed by atoms with Crippen LogP contribution in [0.25, 0.3) is 11.0 Å². The quantitative estimate of drug-likeness (QED) is 0.551. The van der Waals surface area contributed by atoms with Crippen LogP contribution in [-0.2, 0) is 6.54 Å². The first-order valence-electron chi connectivity index (χ1n) is 9.73. The van der Waals surface area contributed by atoms with E-state index >= 15 is 0 Å². The van der Waals surface area contributed by atoms with E-state index in [9.17, 15) is 5.11 Å². The number of aliphatic hydroxyl groups excluding tert-OH is 1. The van der Waals surface area contributed by atoms with Crippen LogP contribution in [0.4, 0.5) is 5.82 Å². The van der Waals surface area contributed by atoms with E-state index in [0.717, 1.165) is 42.0 Å². The molecule has 1 saturated heterocycles. The summed E-state index contributed by atoms with van der Waals surface area (Å²) >= 11 is 2.00. The summed E-state index contributed by atoms with van der Waals surface area (Å²) in [7, 11) is 0. The number of aliphatic hydroxyl groups is 1. The van der Waals surface area contributed by atoms with Gasteiger partial charge in [0.1, 0.15) is 11.8 Å². The van der Waals surface area contributed by atoms with Gasteiger partial charge in [-0.05, 0) is 17.9 Å². The van der Waals surface area contributed by atoms with Crippen molar-refractivity contribution < 1.29 is 5.11 Å². The van der Waals surface area contributed by atoms with Gasteiger partial charge in [-0.1, -0.05) is 32.6 Å². The molecule has 2 atom stereocenters. The maximum atomic E-state index is 10.4. The number of aromatic amines is 1. The number of anilines is 1. The van der Waals surface area contributed by atoms with E-state index in [1.807, 2.05) is 18.0 Å². The van der Waals surface area contributed by atoms with Crippen molar-refractivity contribution in [2.45, 2.75) is 51.7 Å². The van der Waals surface area contributed by atoms with Crippen molar-refractivity contribution in [1.29, 1.82) is 0 Å². The maximum absolute atomic E-state index is 10.4. The maximum Gasteiger partial charge on any atom is 0.151 e. The van der Waals surface area contributed by atoms with Gasteiger partial charge in [-0.3, -0.25) is 4.90 Å². The van der Waals surface area contributed by atoms with Crippen molar-refractivity contribution in [2.24, 2.45) is 5.92 Å². The Morgan fingerprint density at radius 2 is 2.12 bits per heavy atom. The molecule has 3 rings (SSSR count). The van der Waals surface area contributed by atoms with Gasteiger partial charge in [0, 0.05) is 37.3 Å². The van der Waals surface area contributed by atoms with Crippen LogP contribution in [-0.4, -0.2) is 55.7 Å². The van der Waals surface area contributed by atoms with Crippen LogP contribution in [0.3, 0.4) is 0 Å². The lowest BCUT2D eigenvalue weighted by molar-refractivity contribution is 0.149. The predicted molar refractivity (Wildman–Crippen MR) is 109 cm³/mol. The van der Waals surface area contributed by atoms with Crippen LogP contribution < -0.4 is 5.73 Å². The molecule has 4 N–H and O–H groups in total. The number of nitrogens with two attached hydrogens (primary N) is 1. The molecule has 1 aliphatic rings. The van der Waals surface area contributed by atoms with Crippen LogP contribution in [0, 0.1) is 5.92 Å². The fourth-order valence-corrected chi connectivity index (χ4v) is 4.86. The zero-order valence-electron chi connectivity index (χ0n) is 15.7. The van der Waals surface area contributed by atoms with Crippen LogP contribution in [0.5, 0.6) is 0 Å². The number of unbranched alkanes of at least 4 members (excludes halogenated alkanes) is 4. The molecule has 144 valence electrons. The van der Waals surface area contributed by atoms with E-state index < -0.39 is 0 Å². The van der Waals surface area contributed by atoms with E-state index in [1.165, 1.54) is 44.2 Å². The third-order valence-electron chi connectivity index (χ3n) is 5.17. The Kier molecular flexibility index (Phi) is 7.16. The molecular formula is C19H31N5OS. The molecule has 2 unspecified atom stereocenters. The fraction of sp³-hybridized carbons (Fsp3) is 0.684. The molecule has 2 aromatic rings. The van der Waals surface area contributed by atoms with E-state index in [0.29, 0.717) is 11.7 Å². The molecule has 26 heavy (non-hydrogen) atoms. The highest BCUT2D eigenvalue weighted by molar-refractivity contribution is 7.99. The second kappa shape index (κ2) is 9.58. The Hall–Kier alpha value is -1.31. The number of thioether (sulfide) groups is 1. The standard InChI is InChI=1S/C19H31N5OS/c1-2-3-4-5-6-7-26-12-15-10-24(11-16(15)25)9-14-8-21-18-17(14)22-13-23-19(18)20/h8,13,15-16,21,25H,2-7,9-12H2,1H3,(H2,20,22,23). The molecule has 0 aliphatic carbocycles.